The maximum Gasteiger partial charge on any atom is 0.270 e. The Labute approximate surface area is 152 Å². The van der Waals surface area contributed by atoms with E-state index in [4.69, 9.17) is 9.47 Å². The Hall–Kier alpha value is -2.96. The summed E-state index contributed by atoms with van der Waals surface area (Å²) < 4.78 is 12.8. The van der Waals surface area contributed by atoms with E-state index in [0.717, 1.165) is 5.69 Å². The average molecular weight is 357 g/mol. The minimum Gasteiger partial charge on any atom is -0.486 e. The standard InChI is InChI=1S/C19H23N3O4/c1-4-22(19(24)15-7-5-13(2)21(15)3)12-18(23)20-14-6-8-16-17(11-14)26-10-9-25-16/h5-8,11H,4,9-10,12H2,1-3H3,(H,20,23). The molecule has 0 spiro atoms. The minimum absolute atomic E-state index is 0.0198. The lowest BCUT2D eigenvalue weighted by Crippen LogP contribution is -2.38. The number of nitrogens with zero attached hydrogens (tertiary/aromatic N) is 2. The molecule has 0 saturated heterocycles. The number of amides is 2. The second-order valence-corrected chi connectivity index (χ2v) is 6.14. The van der Waals surface area contributed by atoms with E-state index in [2.05, 4.69) is 5.32 Å². The highest BCUT2D eigenvalue weighted by atomic mass is 16.6. The molecule has 1 aliphatic rings. The number of hydrogen-bond acceptors (Lipinski definition) is 4. The monoisotopic (exact) mass is 357 g/mol. The van der Waals surface area contributed by atoms with Crippen molar-refractivity contribution < 1.29 is 19.1 Å². The summed E-state index contributed by atoms with van der Waals surface area (Å²) in [4.78, 5) is 26.6. The highest BCUT2D eigenvalue weighted by Crippen LogP contribution is 2.32. The van der Waals surface area contributed by atoms with E-state index < -0.39 is 0 Å². The smallest absolute Gasteiger partial charge is 0.270 e. The fourth-order valence-electron chi connectivity index (χ4n) is 2.81. The topological polar surface area (TPSA) is 72.8 Å². The molecule has 26 heavy (non-hydrogen) atoms. The van der Waals surface area contributed by atoms with Crippen LogP contribution >= 0.6 is 0 Å². The number of benzene rings is 1. The molecule has 0 radical (unpaired) electrons. The van der Waals surface area contributed by atoms with Crippen LogP contribution in [0.25, 0.3) is 0 Å². The fraction of sp³-hybridized carbons (Fsp3) is 0.368. The Morgan fingerprint density at radius 2 is 1.88 bits per heavy atom. The second-order valence-electron chi connectivity index (χ2n) is 6.14. The Bertz CT molecular complexity index is 828. The van der Waals surface area contributed by atoms with Gasteiger partial charge < -0.3 is 24.3 Å². The van der Waals surface area contributed by atoms with Gasteiger partial charge in [-0.05, 0) is 38.1 Å². The van der Waals surface area contributed by atoms with Crippen molar-refractivity contribution in [1.29, 1.82) is 0 Å². The third kappa shape index (κ3) is 3.66. The molecule has 0 atom stereocenters. The molecule has 1 N–H and O–H groups in total. The number of nitrogens with one attached hydrogen (secondary N) is 1. The van der Waals surface area contributed by atoms with Gasteiger partial charge in [-0.1, -0.05) is 0 Å². The third-order valence-corrected chi connectivity index (χ3v) is 4.42. The van der Waals surface area contributed by atoms with E-state index in [9.17, 15) is 9.59 Å². The number of carbonyl (C=O) groups is 2. The molecule has 2 heterocycles. The van der Waals surface area contributed by atoms with Crippen LogP contribution in [0.4, 0.5) is 5.69 Å². The van der Waals surface area contributed by atoms with E-state index in [-0.39, 0.29) is 18.4 Å². The normalized spacial score (nSPS) is 12.6. The number of aromatic nitrogens is 1. The molecule has 7 heteroatoms. The first-order valence-corrected chi connectivity index (χ1v) is 8.60. The van der Waals surface area contributed by atoms with E-state index >= 15 is 0 Å². The first kappa shape index (κ1) is 17.8. The zero-order valence-corrected chi connectivity index (χ0v) is 15.2. The molecule has 0 unspecified atom stereocenters. The number of rotatable bonds is 5. The van der Waals surface area contributed by atoms with Crippen molar-refractivity contribution in [3.63, 3.8) is 0 Å². The summed E-state index contributed by atoms with van der Waals surface area (Å²) in [5.74, 6) is 0.846. The van der Waals surface area contributed by atoms with Gasteiger partial charge in [0.25, 0.3) is 5.91 Å². The Kier molecular flexibility index (Phi) is 5.16. The first-order valence-electron chi connectivity index (χ1n) is 8.60. The van der Waals surface area contributed by atoms with Crippen molar-refractivity contribution in [2.45, 2.75) is 13.8 Å². The van der Waals surface area contributed by atoms with Crippen LogP contribution in [0.2, 0.25) is 0 Å². The maximum absolute atomic E-state index is 12.7. The van der Waals surface area contributed by atoms with Crippen LogP contribution in [-0.2, 0) is 11.8 Å². The second kappa shape index (κ2) is 7.51. The quantitative estimate of drug-likeness (QED) is 0.890. The SMILES string of the molecule is CCN(CC(=O)Nc1ccc2c(c1)OCCO2)C(=O)c1ccc(C)n1C. The zero-order chi connectivity index (χ0) is 18.7. The predicted molar refractivity (Wildman–Crippen MR) is 97.8 cm³/mol. The van der Waals surface area contributed by atoms with Gasteiger partial charge in [0.15, 0.2) is 11.5 Å². The van der Waals surface area contributed by atoms with E-state index in [1.807, 2.05) is 31.5 Å². The van der Waals surface area contributed by atoms with Gasteiger partial charge in [0.1, 0.15) is 25.5 Å². The molecule has 7 nitrogen and oxygen atoms in total. The molecule has 0 saturated carbocycles. The fourth-order valence-corrected chi connectivity index (χ4v) is 2.81. The number of aryl methyl sites for hydroxylation is 1. The zero-order valence-electron chi connectivity index (χ0n) is 15.2. The summed E-state index contributed by atoms with van der Waals surface area (Å²) in [5.41, 5.74) is 2.17. The van der Waals surface area contributed by atoms with Gasteiger partial charge >= 0.3 is 0 Å². The Morgan fingerprint density at radius 1 is 1.15 bits per heavy atom. The Morgan fingerprint density at radius 3 is 2.54 bits per heavy atom. The maximum atomic E-state index is 12.7. The van der Waals surface area contributed by atoms with Gasteiger partial charge in [0.05, 0.1) is 0 Å². The molecule has 1 aliphatic heterocycles. The molecule has 2 aromatic rings. The van der Waals surface area contributed by atoms with E-state index in [0.29, 0.717) is 42.6 Å². The van der Waals surface area contributed by atoms with Crippen molar-refractivity contribution in [1.82, 2.24) is 9.47 Å². The highest BCUT2D eigenvalue weighted by Gasteiger charge is 2.20. The molecule has 1 aromatic heterocycles. The molecule has 138 valence electrons. The summed E-state index contributed by atoms with van der Waals surface area (Å²) in [6.07, 6.45) is 0. The highest BCUT2D eigenvalue weighted by molar-refractivity contribution is 5.98. The minimum atomic E-state index is -0.261. The summed E-state index contributed by atoms with van der Waals surface area (Å²) in [7, 11) is 1.84. The molecule has 0 fully saturated rings. The van der Waals surface area contributed by atoms with Crippen molar-refractivity contribution in [3.05, 3.63) is 41.7 Å². The molecule has 2 amide bonds. The van der Waals surface area contributed by atoms with Crippen LogP contribution in [0, 0.1) is 6.92 Å². The largest absolute Gasteiger partial charge is 0.486 e. The number of anilines is 1. The van der Waals surface area contributed by atoms with E-state index in [1.54, 1.807) is 24.3 Å². The summed E-state index contributed by atoms with van der Waals surface area (Å²) in [6.45, 7) is 5.21. The van der Waals surface area contributed by atoms with Crippen molar-refractivity contribution in [3.8, 4) is 11.5 Å². The summed E-state index contributed by atoms with van der Waals surface area (Å²) in [5, 5.41) is 2.81. The van der Waals surface area contributed by atoms with Crippen LogP contribution in [0.5, 0.6) is 11.5 Å². The third-order valence-electron chi connectivity index (χ3n) is 4.42. The predicted octanol–water partition coefficient (Wildman–Crippen LogP) is 2.21. The van der Waals surface area contributed by atoms with Gasteiger partial charge in [-0.25, -0.2) is 0 Å². The van der Waals surface area contributed by atoms with Crippen LogP contribution < -0.4 is 14.8 Å². The van der Waals surface area contributed by atoms with Gasteiger partial charge in [-0.3, -0.25) is 9.59 Å². The van der Waals surface area contributed by atoms with Gasteiger partial charge in [-0.15, -0.1) is 0 Å². The number of fused-ring (bicyclic) bond motifs is 1. The van der Waals surface area contributed by atoms with Crippen LogP contribution in [0.15, 0.2) is 30.3 Å². The van der Waals surface area contributed by atoms with Crippen LogP contribution in [0.3, 0.4) is 0 Å². The molecular formula is C19H23N3O4. The molecule has 3 rings (SSSR count). The lowest BCUT2D eigenvalue weighted by Gasteiger charge is -2.22. The lowest BCUT2D eigenvalue weighted by molar-refractivity contribution is -0.116. The number of hydrogen-bond donors (Lipinski definition) is 1. The molecule has 1 aromatic carbocycles. The molecular weight excluding hydrogens is 334 g/mol. The Balaban J connectivity index is 1.66. The lowest BCUT2D eigenvalue weighted by atomic mass is 10.2. The number of likely N-dealkylation sites (N-methyl/N-ethyl adjacent to an activating group) is 1. The molecule has 0 aliphatic carbocycles. The number of ether oxygens (including phenoxy) is 2. The van der Waals surface area contributed by atoms with Crippen molar-refractivity contribution in [2.24, 2.45) is 7.05 Å². The van der Waals surface area contributed by atoms with Crippen molar-refractivity contribution in [2.75, 3.05) is 31.6 Å². The van der Waals surface area contributed by atoms with Crippen LogP contribution in [-0.4, -0.2) is 47.6 Å². The number of carbonyl (C=O) groups excluding carboxylic acids is 2. The van der Waals surface area contributed by atoms with Crippen molar-refractivity contribution >= 4 is 17.5 Å². The summed E-state index contributed by atoms with van der Waals surface area (Å²) >= 11 is 0. The van der Waals surface area contributed by atoms with E-state index in [1.165, 1.54) is 4.90 Å². The van der Waals surface area contributed by atoms with Gasteiger partial charge in [-0.2, -0.15) is 0 Å². The average Bonchev–Trinajstić information content (AvgIpc) is 2.98. The summed E-state index contributed by atoms with van der Waals surface area (Å²) in [6, 6.07) is 8.91. The first-order chi connectivity index (χ1) is 12.5. The molecule has 0 bridgehead atoms. The van der Waals surface area contributed by atoms with Gasteiger partial charge in [0, 0.05) is 31.0 Å². The van der Waals surface area contributed by atoms with Crippen LogP contribution in [0.1, 0.15) is 23.1 Å². The van der Waals surface area contributed by atoms with Gasteiger partial charge in [0.2, 0.25) is 5.91 Å².